The molecule has 0 saturated carbocycles. The molecule has 3 heterocycles. The Bertz CT molecular complexity index is 1640. The lowest BCUT2D eigenvalue weighted by molar-refractivity contribution is -0.120. The van der Waals surface area contributed by atoms with Crippen LogP contribution < -0.4 is 20.5 Å². The maximum absolute atomic E-state index is 13.3. The number of ether oxygens (including phenoxy) is 1. The molecule has 1 atom stereocenters. The number of amides is 2. The Balaban J connectivity index is 1.37. The first-order chi connectivity index (χ1) is 18.4. The van der Waals surface area contributed by atoms with Crippen LogP contribution >= 0.6 is 0 Å². The molecule has 0 radical (unpaired) electrons. The quantitative estimate of drug-likeness (QED) is 0.429. The van der Waals surface area contributed by atoms with Crippen LogP contribution in [0.25, 0.3) is 5.69 Å². The largest absolute Gasteiger partial charge is 0.489 e. The molecule has 0 fully saturated rings. The third-order valence-electron chi connectivity index (χ3n) is 6.01. The molecule has 1 aliphatic rings. The molecule has 0 spiro atoms. The lowest BCUT2D eigenvalue weighted by Crippen LogP contribution is -2.49. The van der Waals surface area contributed by atoms with Gasteiger partial charge in [0.05, 0.1) is 11.4 Å². The van der Waals surface area contributed by atoms with Gasteiger partial charge in [-0.25, -0.2) is 0 Å². The number of benzene rings is 2. The number of aromatic nitrogens is 3. The van der Waals surface area contributed by atoms with Crippen molar-refractivity contribution in [3.8, 4) is 23.3 Å². The van der Waals surface area contributed by atoms with E-state index < -0.39 is 11.9 Å². The van der Waals surface area contributed by atoms with Gasteiger partial charge in [0, 0.05) is 36.6 Å². The number of anilines is 1. The van der Waals surface area contributed by atoms with Crippen LogP contribution in [0, 0.1) is 18.8 Å². The third kappa shape index (κ3) is 5.01. The average Bonchev–Trinajstić information content (AvgIpc) is 3.05. The van der Waals surface area contributed by atoms with Crippen molar-refractivity contribution in [1.82, 2.24) is 20.1 Å². The molecule has 2 aromatic heterocycles. The van der Waals surface area contributed by atoms with Crippen molar-refractivity contribution in [2.75, 3.05) is 18.6 Å². The number of fused-ring (bicyclic) bond motifs is 1. The molecule has 0 unspecified atom stereocenters. The topological polar surface area (TPSA) is 106 Å². The normalized spacial score (nSPS) is 14.4. The van der Waals surface area contributed by atoms with Gasteiger partial charge >= 0.3 is 0 Å². The minimum Gasteiger partial charge on any atom is -0.489 e. The third-order valence-corrected chi connectivity index (χ3v) is 6.01. The molecule has 5 rings (SSSR count). The summed E-state index contributed by atoms with van der Waals surface area (Å²) >= 11 is 0. The molecular weight excluding hydrogens is 482 g/mol. The minimum absolute atomic E-state index is 0.0404. The van der Waals surface area contributed by atoms with Crippen molar-refractivity contribution in [2.24, 2.45) is 0 Å². The van der Waals surface area contributed by atoms with E-state index in [4.69, 9.17) is 4.74 Å². The van der Waals surface area contributed by atoms with E-state index in [2.05, 4.69) is 27.2 Å². The zero-order chi connectivity index (χ0) is 26.6. The number of pyridine rings is 1. The molecule has 188 valence electrons. The molecule has 9 nitrogen and oxygen atoms in total. The summed E-state index contributed by atoms with van der Waals surface area (Å²) < 4.78 is 7.04. The summed E-state index contributed by atoms with van der Waals surface area (Å²) in [4.78, 5) is 44.5. The standard InChI is InChI=1S/C29H23N5O4/c1-19-15-26(35)34(22-8-4-3-5-9-22)32-27(19)28(36)31-23-18-38-25-13-12-20(16-24(25)33(2)29(23)37)10-11-21-7-6-14-30-17-21/h3-9,12-17,23H,18H2,1-2H3,(H,31,36)/t23-/m0/s1. The number of carbonyl (C=O) groups is 2. The Morgan fingerprint density at radius 3 is 2.58 bits per heavy atom. The number of rotatable bonds is 3. The Kier molecular flexibility index (Phi) is 6.70. The summed E-state index contributed by atoms with van der Waals surface area (Å²) in [7, 11) is 1.62. The van der Waals surface area contributed by atoms with Crippen molar-refractivity contribution in [3.05, 3.63) is 112 Å². The summed E-state index contributed by atoms with van der Waals surface area (Å²) in [6.45, 7) is 1.56. The van der Waals surface area contributed by atoms with Gasteiger partial charge in [-0.2, -0.15) is 9.78 Å². The maximum atomic E-state index is 13.3. The van der Waals surface area contributed by atoms with E-state index in [-0.39, 0.29) is 23.8 Å². The molecule has 0 saturated heterocycles. The van der Waals surface area contributed by atoms with Crippen LogP contribution in [0.3, 0.4) is 0 Å². The van der Waals surface area contributed by atoms with Crippen LogP contribution in [-0.4, -0.2) is 46.3 Å². The lowest BCUT2D eigenvalue weighted by atomic mass is 10.1. The molecule has 2 aromatic carbocycles. The monoisotopic (exact) mass is 505 g/mol. The number of aryl methyl sites for hydroxylation is 1. The van der Waals surface area contributed by atoms with Crippen LogP contribution in [0.15, 0.2) is 83.9 Å². The number of hydrogen-bond acceptors (Lipinski definition) is 6. The van der Waals surface area contributed by atoms with Gasteiger partial charge in [-0.05, 0) is 55.0 Å². The van der Waals surface area contributed by atoms with Gasteiger partial charge in [0.15, 0.2) is 5.69 Å². The minimum atomic E-state index is -0.969. The van der Waals surface area contributed by atoms with Crippen molar-refractivity contribution in [3.63, 3.8) is 0 Å². The average molecular weight is 506 g/mol. The summed E-state index contributed by atoms with van der Waals surface area (Å²) in [6.07, 6.45) is 3.35. The van der Waals surface area contributed by atoms with Gasteiger partial charge in [-0.1, -0.05) is 30.0 Å². The Labute approximate surface area is 218 Å². The SMILES string of the molecule is Cc1cc(=O)n(-c2ccccc2)nc1C(=O)N[C@H]1COc2ccc(C#Cc3cccnc3)cc2N(C)C1=O. The molecular formula is C29H23N5O4. The van der Waals surface area contributed by atoms with E-state index in [1.165, 1.54) is 11.0 Å². The zero-order valence-corrected chi connectivity index (χ0v) is 20.7. The highest BCUT2D eigenvalue weighted by Gasteiger charge is 2.31. The molecule has 9 heteroatoms. The van der Waals surface area contributed by atoms with Gasteiger partial charge in [-0.15, -0.1) is 0 Å². The molecule has 0 bridgehead atoms. The Morgan fingerprint density at radius 1 is 1.03 bits per heavy atom. The first-order valence-corrected chi connectivity index (χ1v) is 11.8. The van der Waals surface area contributed by atoms with Crippen LogP contribution in [-0.2, 0) is 4.79 Å². The van der Waals surface area contributed by atoms with Crippen LogP contribution in [0.5, 0.6) is 5.75 Å². The van der Waals surface area contributed by atoms with Crippen molar-refractivity contribution < 1.29 is 14.3 Å². The number of nitrogens with one attached hydrogen (secondary N) is 1. The number of likely N-dealkylation sites (N-methyl/N-ethyl adjacent to an activating group) is 1. The van der Waals surface area contributed by atoms with E-state index in [0.29, 0.717) is 28.3 Å². The summed E-state index contributed by atoms with van der Waals surface area (Å²) in [5.41, 5.74) is 2.61. The summed E-state index contributed by atoms with van der Waals surface area (Å²) in [5.74, 6) is 5.67. The van der Waals surface area contributed by atoms with E-state index in [9.17, 15) is 14.4 Å². The number of hydrogen-bond donors (Lipinski definition) is 1. The Morgan fingerprint density at radius 2 is 1.82 bits per heavy atom. The molecule has 4 aromatic rings. The highest BCUT2D eigenvalue weighted by molar-refractivity contribution is 6.03. The predicted octanol–water partition coefficient (Wildman–Crippen LogP) is 2.49. The number of nitrogens with zero attached hydrogens (tertiary/aromatic N) is 4. The highest BCUT2D eigenvalue weighted by atomic mass is 16.5. The molecule has 1 aliphatic heterocycles. The van der Waals surface area contributed by atoms with Gasteiger partial charge in [0.25, 0.3) is 17.4 Å². The number of carbonyl (C=O) groups excluding carboxylic acids is 2. The van der Waals surface area contributed by atoms with Gasteiger partial charge < -0.3 is 15.0 Å². The second-order valence-corrected chi connectivity index (χ2v) is 8.67. The van der Waals surface area contributed by atoms with Crippen molar-refractivity contribution >= 4 is 17.5 Å². The predicted molar refractivity (Wildman–Crippen MR) is 141 cm³/mol. The Hall–Kier alpha value is -5.23. The van der Waals surface area contributed by atoms with Crippen LogP contribution in [0.4, 0.5) is 5.69 Å². The maximum Gasteiger partial charge on any atom is 0.272 e. The van der Waals surface area contributed by atoms with E-state index >= 15 is 0 Å². The number of para-hydroxylation sites is 1. The fourth-order valence-electron chi connectivity index (χ4n) is 4.01. The second kappa shape index (κ2) is 10.4. The summed E-state index contributed by atoms with van der Waals surface area (Å²) in [5, 5.41) is 7.00. The fourth-order valence-corrected chi connectivity index (χ4v) is 4.01. The van der Waals surface area contributed by atoms with Crippen molar-refractivity contribution in [2.45, 2.75) is 13.0 Å². The van der Waals surface area contributed by atoms with Crippen LogP contribution in [0.2, 0.25) is 0 Å². The van der Waals surface area contributed by atoms with Crippen molar-refractivity contribution in [1.29, 1.82) is 0 Å². The van der Waals surface area contributed by atoms with Gasteiger partial charge in [0.2, 0.25) is 0 Å². The fraction of sp³-hybridized carbons (Fsp3) is 0.138. The molecule has 2 amide bonds. The smallest absolute Gasteiger partial charge is 0.272 e. The first kappa shape index (κ1) is 24.5. The zero-order valence-electron chi connectivity index (χ0n) is 20.7. The van der Waals surface area contributed by atoms with E-state index in [1.807, 2.05) is 18.2 Å². The lowest BCUT2D eigenvalue weighted by Gasteiger charge is -2.20. The highest BCUT2D eigenvalue weighted by Crippen LogP contribution is 2.31. The molecule has 38 heavy (non-hydrogen) atoms. The first-order valence-electron chi connectivity index (χ1n) is 11.8. The van der Waals surface area contributed by atoms with Gasteiger partial charge in [0.1, 0.15) is 18.4 Å². The van der Waals surface area contributed by atoms with E-state index in [1.54, 1.807) is 68.8 Å². The van der Waals surface area contributed by atoms with E-state index in [0.717, 1.165) is 10.2 Å². The second-order valence-electron chi connectivity index (χ2n) is 8.67. The molecule has 1 N–H and O–H groups in total. The molecule has 0 aliphatic carbocycles. The van der Waals surface area contributed by atoms with Gasteiger partial charge in [-0.3, -0.25) is 19.4 Å². The van der Waals surface area contributed by atoms with Crippen LogP contribution in [0.1, 0.15) is 27.2 Å². The summed E-state index contributed by atoms with van der Waals surface area (Å²) in [6, 6.07) is 18.2.